The molecule has 2 saturated heterocycles. The summed E-state index contributed by atoms with van der Waals surface area (Å²) in [5.74, 6) is 1.63. The third-order valence-electron chi connectivity index (χ3n) is 11.4. The fourth-order valence-electron chi connectivity index (χ4n) is 8.68. The van der Waals surface area contributed by atoms with Gasteiger partial charge in [0.15, 0.2) is 0 Å². The summed E-state index contributed by atoms with van der Waals surface area (Å²) < 4.78 is 6.19. The second-order valence-corrected chi connectivity index (χ2v) is 15.7. The second kappa shape index (κ2) is 14.6. The number of piperidine rings is 2. The Morgan fingerprint density at radius 3 is 2.41 bits per heavy atom. The number of aromatic hydroxyl groups is 1. The number of benzene rings is 3. The minimum absolute atomic E-state index is 0.0776. The first-order valence-electron chi connectivity index (χ1n) is 18.5. The summed E-state index contributed by atoms with van der Waals surface area (Å²) in [6.45, 7) is 4.33. The van der Waals surface area contributed by atoms with Gasteiger partial charge in [0.25, 0.3) is 5.91 Å². The Morgan fingerprint density at radius 2 is 1.65 bits per heavy atom. The summed E-state index contributed by atoms with van der Waals surface area (Å²) in [7, 11) is 0. The first kappa shape index (κ1) is 33.7. The number of phenols is 1. The van der Waals surface area contributed by atoms with Crippen LogP contribution in [-0.4, -0.2) is 64.9 Å². The fourth-order valence-corrected chi connectivity index (χ4v) is 10.0. The number of hydrogen-bond acceptors (Lipinski definition) is 7. The maximum Gasteiger partial charge on any atom is 0.256 e. The van der Waals surface area contributed by atoms with E-state index in [0.717, 1.165) is 74.3 Å². The van der Waals surface area contributed by atoms with Crippen LogP contribution in [0.5, 0.6) is 11.5 Å². The molecule has 3 aromatic carbocycles. The fraction of sp³-hybridized carbons (Fsp3) is 0.405. The molecule has 2 N–H and O–H groups in total. The molecule has 4 heterocycles. The predicted octanol–water partition coefficient (Wildman–Crippen LogP) is 7.12. The molecule has 0 spiro atoms. The number of hydrogen-bond donors (Lipinski definition) is 2. The minimum atomic E-state index is -0.553. The van der Waals surface area contributed by atoms with Crippen LogP contribution in [0.4, 0.5) is 0 Å². The monoisotopic (exact) mass is 703 g/mol. The highest BCUT2D eigenvalue weighted by atomic mass is 32.1. The number of carbonyl (C=O) groups is 3. The Labute approximate surface area is 303 Å². The lowest BCUT2D eigenvalue weighted by atomic mass is 9.69. The number of fused-ring (bicyclic) bond motifs is 2. The molecule has 3 aliphatic heterocycles. The van der Waals surface area contributed by atoms with Crippen molar-refractivity contribution in [1.82, 2.24) is 15.1 Å². The molecular formula is C42H45N3O5S. The molecule has 1 unspecified atom stereocenters. The molecular weight excluding hydrogens is 659 g/mol. The number of ether oxygens (including phenoxy) is 1. The molecule has 4 aliphatic rings. The van der Waals surface area contributed by atoms with Crippen LogP contribution in [-0.2, 0) is 22.6 Å². The van der Waals surface area contributed by atoms with Crippen molar-refractivity contribution in [2.24, 2.45) is 0 Å². The summed E-state index contributed by atoms with van der Waals surface area (Å²) in [5.41, 5.74) is 5.92. The number of likely N-dealkylation sites (tertiary alicyclic amines) is 1. The Morgan fingerprint density at radius 1 is 0.843 bits per heavy atom. The molecule has 8 nitrogen and oxygen atoms in total. The van der Waals surface area contributed by atoms with E-state index in [4.69, 9.17) is 4.74 Å². The van der Waals surface area contributed by atoms with Gasteiger partial charge in [-0.3, -0.25) is 19.7 Å². The normalized spacial score (nSPS) is 22.5. The smallest absolute Gasteiger partial charge is 0.256 e. The number of phenolic OH excluding ortho intramolecular Hbond substituents is 1. The lowest BCUT2D eigenvalue weighted by Gasteiger charge is -2.35. The molecule has 3 amide bonds. The van der Waals surface area contributed by atoms with Crippen LogP contribution in [0.3, 0.4) is 0 Å². The molecule has 3 atom stereocenters. The molecule has 0 radical (unpaired) electrons. The number of aryl methyl sites for hydroxylation is 1. The zero-order chi connectivity index (χ0) is 34.9. The Hall–Kier alpha value is -4.47. The predicted molar refractivity (Wildman–Crippen MR) is 197 cm³/mol. The van der Waals surface area contributed by atoms with Crippen LogP contribution in [0.25, 0.3) is 0 Å². The number of nitrogens with zero attached hydrogens (tertiary/aromatic N) is 2. The molecule has 264 valence electrons. The number of imide groups is 1. The molecule has 4 aromatic rings. The van der Waals surface area contributed by atoms with Gasteiger partial charge in [-0.05, 0) is 129 Å². The Bertz CT molecular complexity index is 1900. The Kier molecular flexibility index (Phi) is 9.66. The van der Waals surface area contributed by atoms with Crippen LogP contribution in [0.15, 0.2) is 78.9 Å². The number of nitrogens with one attached hydrogen (secondary N) is 1. The van der Waals surface area contributed by atoms with Crippen molar-refractivity contribution in [2.75, 3.05) is 26.2 Å². The molecule has 9 heteroatoms. The number of amides is 3. The van der Waals surface area contributed by atoms with E-state index in [1.165, 1.54) is 27.1 Å². The average Bonchev–Trinajstić information content (AvgIpc) is 3.70. The van der Waals surface area contributed by atoms with Crippen molar-refractivity contribution >= 4 is 29.1 Å². The van der Waals surface area contributed by atoms with Gasteiger partial charge < -0.3 is 19.6 Å². The van der Waals surface area contributed by atoms with E-state index in [9.17, 15) is 19.5 Å². The highest BCUT2D eigenvalue weighted by molar-refractivity contribution is 7.12. The van der Waals surface area contributed by atoms with Crippen molar-refractivity contribution in [3.05, 3.63) is 116 Å². The van der Waals surface area contributed by atoms with Gasteiger partial charge in [-0.15, -0.1) is 11.3 Å². The van der Waals surface area contributed by atoms with Crippen LogP contribution in [0.2, 0.25) is 0 Å². The first-order chi connectivity index (χ1) is 24.9. The van der Waals surface area contributed by atoms with Gasteiger partial charge in [-0.1, -0.05) is 48.5 Å². The van der Waals surface area contributed by atoms with E-state index in [2.05, 4.69) is 76.9 Å². The van der Waals surface area contributed by atoms with E-state index >= 15 is 0 Å². The van der Waals surface area contributed by atoms with Gasteiger partial charge >= 0.3 is 0 Å². The van der Waals surface area contributed by atoms with Gasteiger partial charge in [0, 0.05) is 22.1 Å². The largest absolute Gasteiger partial charge is 0.508 e. The zero-order valence-corrected chi connectivity index (χ0v) is 29.7. The van der Waals surface area contributed by atoms with Crippen LogP contribution < -0.4 is 10.1 Å². The SMILES string of the molecule is O=C1CCC(N2Cc3sc(C4CCN(CCCCOc5ccc([C@@H]6c7ccc(O)cc7CC[C@@H]6c6ccccc6)cc5)CC4)cc3C2=O)C(=O)N1. The van der Waals surface area contributed by atoms with Gasteiger partial charge in [0.1, 0.15) is 17.5 Å². The maximum absolute atomic E-state index is 13.2. The second-order valence-electron chi connectivity index (χ2n) is 14.5. The Balaban J connectivity index is 0.790. The molecule has 1 aliphatic carbocycles. The number of carbonyl (C=O) groups excluding carboxylic acids is 3. The van der Waals surface area contributed by atoms with Gasteiger partial charge in [-0.25, -0.2) is 0 Å². The van der Waals surface area contributed by atoms with Gasteiger partial charge in [0.2, 0.25) is 11.8 Å². The topological polar surface area (TPSA) is 99.2 Å². The number of rotatable bonds is 10. The third kappa shape index (κ3) is 7.06. The van der Waals surface area contributed by atoms with E-state index in [1.807, 2.05) is 12.1 Å². The zero-order valence-electron chi connectivity index (χ0n) is 28.9. The summed E-state index contributed by atoms with van der Waals surface area (Å²) in [5, 5.41) is 12.5. The first-order valence-corrected chi connectivity index (χ1v) is 19.3. The quantitative estimate of drug-likeness (QED) is 0.135. The molecule has 0 saturated carbocycles. The molecule has 2 fully saturated rings. The van der Waals surface area contributed by atoms with E-state index in [0.29, 0.717) is 37.2 Å². The maximum atomic E-state index is 13.2. The van der Waals surface area contributed by atoms with Crippen LogP contribution in [0.1, 0.15) is 105 Å². The van der Waals surface area contributed by atoms with Crippen LogP contribution >= 0.6 is 11.3 Å². The minimum Gasteiger partial charge on any atom is -0.508 e. The number of thiophene rings is 1. The average molecular weight is 704 g/mol. The molecule has 1 aromatic heterocycles. The van der Waals surface area contributed by atoms with Crippen molar-refractivity contribution in [3.8, 4) is 11.5 Å². The number of unbranched alkanes of at least 4 members (excludes halogenated alkanes) is 1. The van der Waals surface area contributed by atoms with Crippen molar-refractivity contribution < 1.29 is 24.2 Å². The van der Waals surface area contributed by atoms with Crippen molar-refractivity contribution in [2.45, 2.75) is 81.7 Å². The summed E-state index contributed by atoms with van der Waals surface area (Å²) in [6.07, 6.45) is 6.95. The van der Waals surface area contributed by atoms with E-state index in [-0.39, 0.29) is 30.1 Å². The van der Waals surface area contributed by atoms with Crippen molar-refractivity contribution in [1.29, 1.82) is 0 Å². The van der Waals surface area contributed by atoms with E-state index in [1.54, 1.807) is 16.2 Å². The summed E-state index contributed by atoms with van der Waals surface area (Å²) in [6, 6.07) is 26.8. The summed E-state index contributed by atoms with van der Waals surface area (Å²) in [4.78, 5) is 43.6. The standard InChI is InChI=1S/C42H45N3O5S/c46-31-11-15-34-30(24-31)10-14-33(27-6-2-1-3-7-27)40(34)29-8-12-32(13-9-29)50-23-5-4-20-44-21-18-28(19-22-44)37-25-35-38(51-37)26-45(42(35)49)36-16-17-39(47)43-41(36)48/h1-3,6-9,11-13,15,24-25,28,33,36,40,46H,4-5,10,14,16-23,26H2,(H,43,47,48)/t33-,36?,40+/m1/s1. The van der Waals surface area contributed by atoms with Gasteiger partial charge in [-0.2, -0.15) is 0 Å². The summed E-state index contributed by atoms with van der Waals surface area (Å²) >= 11 is 1.73. The molecule has 0 bridgehead atoms. The third-order valence-corrected chi connectivity index (χ3v) is 12.7. The van der Waals surface area contributed by atoms with Gasteiger partial charge in [0.05, 0.1) is 18.7 Å². The van der Waals surface area contributed by atoms with E-state index < -0.39 is 6.04 Å². The molecule has 51 heavy (non-hydrogen) atoms. The highest BCUT2D eigenvalue weighted by Gasteiger charge is 2.41. The van der Waals surface area contributed by atoms with Crippen molar-refractivity contribution in [3.63, 3.8) is 0 Å². The van der Waals surface area contributed by atoms with Crippen LogP contribution in [0, 0.1) is 0 Å². The lowest BCUT2D eigenvalue weighted by Crippen LogP contribution is -2.52. The lowest BCUT2D eigenvalue weighted by molar-refractivity contribution is -0.136. The molecule has 8 rings (SSSR count). The highest BCUT2D eigenvalue weighted by Crippen LogP contribution is 2.47.